The highest BCUT2D eigenvalue weighted by molar-refractivity contribution is 5.94. The standard InChI is InChI=1S/C16H13N3O4/c20-12-6-10-11(7-13(12)21)19-15(14(18-10)16(22)23)17-8-9-4-2-1-3-5-9/h1-7,20-21H,8H2,(H,17,19)(H,22,23). The second-order valence-corrected chi connectivity index (χ2v) is 4.89. The average molecular weight is 311 g/mol. The summed E-state index contributed by atoms with van der Waals surface area (Å²) in [5.41, 5.74) is 1.17. The number of anilines is 1. The fourth-order valence-electron chi connectivity index (χ4n) is 2.13. The van der Waals surface area contributed by atoms with Crippen molar-refractivity contribution >= 4 is 22.8 Å². The van der Waals surface area contributed by atoms with Crippen LogP contribution in [0.1, 0.15) is 16.1 Å². The zero-order valence-electron chi connectivity index (χ0n) is 11.9. The van der Waals surface area contributed by atoms with Crippen molar-refractivity contribution in [2.45, 2.75) is 6.54 Å². The molecule has 0 spiro atoms. The number of phenolic OH excluding ortho intramolecular Hbond substituents is 2. The molecule has 4 N–H and O–H groups in total. The number of hydrogen-bond acceptors (Lipinski definition) is 6. The molecule has 1 heterocycles. The first-order valence-corrected chi connectivity index (χ1v) is 6.79. The highest BCUT2D eigenvalue weighted by atomic mass is 16.4. The molecule has 0 unspecified atom stereocenters. The maximum Gasteiger partial charge on any atom is 0.358 e. The van der Waals surface area contributed by atoms with Crippen LogP contribution in [0.25, 0.3) is 11.0 Å². The molecule has 7 nitrogen and oxygen atoms in total. The van der Waals surface area contributed by atoms with Gasteiger partial charge in [0.05, 0.1) is 11.0 Å². The van der Waals surface area contributed by atoms with Crippen LogP contribution in [-0.4, -0.2) is 31.3 Å². The summed E-state index contributed by atoms with van der Waals surface area (Å²) >= 11 is 0. The Morgan fingerprint density at radius 1 is 1.00 bits per heavy atom. The number of fused-ring (bicyclic) bond motifs is 1. The Morgan fingerprint density at radius 3 is 2.22 bits per heavy atom. The monoisotopic (exact) mass is 311 g/mol. The molecular weight excluding hydrogens is 298 g/mol. The molecule has 0 aliphatic rings. The number of nitrogens with one attached hydrogen (secondary N) is 1. The largest absolute Gasteiger partial charge is 0.504 e. The number of rotatable bonds is 4. The zero-order chi connectivity index (χ0) is 16.4. The number of aromatic carboxylic acids is 1. The lowest BCUT2D eigenvalue weighted by molar-refractivity contribution is 0.0691. The van der Waals surface area contributed by atoms with Crippen LogP contribution in [0.15, 0.2) is 42.5 Å². The summed E-state index contributed by atoms with van der Waals surface area (Å²) in [6.07, 6.45) is 0. The third kappa shape index (κ3) is 2.98. The maximum absolute atomic E-state index is 11.4. The van der Waals surface area contributed by atoms with Gasteiger partial charge < -0.3 is 20.6 Å². The van der Waals surface area contributed by atoms with Crippen LogP contribution < -0.4 is 5.32 Å². The second-order valence-electron chi connectivity index (χ2n) is 4.89. The van der Waals surface area contributed by atoms with E-state index in [-0.39, 0.29) is 34.0 Å². The fourth-order valence-corrected chi connectivity index (χ4v) is 2.13. The van der Waals surface area contributed by atoms with Crippen LogP contribution >= 0.6 is 0 Å². The Labute approximate surface area is 130 Å². The van der Waals surface area contributed by atoms with Crippen LogP contribution in [0.2, 0.25) is 0 Å². The van der Waals surface area contributed by atoms with E-state index in [2.05, 4.69) is 15.3 Å². The van der Waals surface area contributed by atoms with Crippen LogP contribution in [0.5, 0.6) is 11.5 Å². The molecular formula is C16H13N3O4. The minimum absolute atomic E-state index is 0.0962. The quantitative estimate of drug-likeness (QED) is 0.546. The molecule has 0 amide bonds. The first kappa shape index (κ1) is 14.6. The SMILES string of the molecule is O=C(O)c1nc2cc(O)c(O)cc2nc1NCc1ccccc1. The van der Waals surface area contributed by atoms with Crippen molar-refractivity contribution in [3.8, 4) is 11.5 Å². The molecule has 3 rings (SSSR count). The predicted molar refractivity (Wildman–Crippen MR) is 83.6 cm³/mol. The highest BCUT2D eigenvalue weighted by Crippen LogP contribution is 2.29. The Morgan fingerprint density at radius 2 is 1.61 bits per heavy atom. The van der Waals surface area contributed by atoms with Crippen molar-refractivity contribution in [2.24, 2.45) is 0 Å². The van der Waals surface area contributed by atoms with Crippen LogP contribution in [0.3, 0.4) is 0 Å². The number of carbonyl (C=O) groups is 1. The molecule has 2 aromatic carbocycles. The summed E-state index contributed by atoms with van der Waals surface area (Å²) < 4.78 is 0. The van der Waals surface area contributed by atoms with Gasteiger partial charge in [0, 0.05) is 18.7 Å². The van der Waals surface area contributed by atoms with Crippen molar-refractivity contribution in [1.82, 2.24) is 9.97 Å². The van der Waals surface area contributed by atoms with Gasteiger partial charge in [0.1, 0.15) is 0 Å². The number of benzene rings is 2. The predicted octanol–water partition coefficient (Wildman–Crippen LogP) is 2.35. The number of carboxylic acids is 1. The minimum atomic E-state index is -1.23. The molecule has 0 bridgehead atoms. The summed E-state index contributed by atoms with van der Waals surface area (Å²) in [6.45, 7) is 0.380. The fraction of sp³-hybridized carbons (Fsp3) is 0.0625. The van der Waals surface area contributed by atoms with Gasteiger partial charge in [-0.1, -0.05) is 30.3 Å². The van der Waals surface area contributed by atoms with Crippen LogP contribution in [0, 0.1) is 0 Å². The number of aromatic nitrogens is 2. The van der Waals surface area contributed by atoms with Gasteiger partial charge >= 0.3 is 5.97 Å². The summed E-state index contributed by atoms with van der Waals surface area (Å²) in [5, 5.41) is 31.3. The van der Waals surface area contributed by atoms with E-state index in [4.69, 9.17) is 0 Å². The number of hydrogen-bond donors (Lipinski definition) is 4. The van der Waals surface area contributed by atoms with Crippen molar-refractivity contribution in [3.63, 3.8) is 0 Å². The lowest BCUT2D eigenvalue weighted by Crippen LogP contribution is -2.11. The van der Waals surface area contributed by atoms with Gasteiger partial charge in [-0.15, -0.1) is 0 Å². The van der Waals surface area contributed by atoms with E-state index in [1.807, 2.05) is 30.3 Å². The van der Waals surface area contributed by atoms with Crippen molar-refractivity contribution < 1.29 is 20.1 Å². The molecule has 0 fully saturated rings. The molecule has 0 aliphatic carbocycles. The lowest BCUT2D eigenvalue weighted by Gasteiger charge is -2.10. The van der Waals surface area contributed by atoms with Gasteiger partial charge in [0.2, 0.25) is 0 Å². The van der Waals surface area contributed by atoms with E-state index in [9.17, 15) is 20.1 Å². The first-order chi connectivity index (χ1) is 11.0. The Kier molecular flexibility index (Phi) is 3.68. The Bertz CT molecular complexity index is 881. The highest BCUT2D eigenvalue weighted by Gasteiger charge is 2.16. The third-order valence-corrected chi connectivity index (χ3v) is 3.27. The van der Waals surface area contributed by atoms with Gasteiger partial charge in [-0.25, -0.2) is 14.8 Å². The van der Waals surface area contributed by atoms with Crippen LogP contribution in [0.4, 0.5) is 5.82 Å². The molecule has 0 saturated heterocycles. The van der Waals surface area contributed by atoms with E-state index in [0.717, 1.165) is 5.56 Å². The average Bonchev–Trinajstić information content (AvgIpc) is 2.54. The van der Waals surface area contributed by atoms with Gasteiger partial charge in [-0.3, -0.25) is 0 Å². The molecule has 0 atom stereocenters. The van der Waals surface area contributed by atoms with Gasteiger partial charge in [0.25, 0.3) is 0 Å². The Balaban J connectivity index is 2.01. The third-order valence-electron chi connectivity index (χ3n) is 3.27. The van der Waals surface area contributed by atoms with Crippen molar-refractivity contribution in [2.75, 3.05) is 5.32 Å². The zero-order valence-corrected chi connectivity index (χ0v) is 11.9. The van der Waals surface area contributed by atoms with E-state index in [1.165, 1.54) is 12.1 Å². The van der Waals surface area contributed by atoms with Crippen molar-refractivity contribution in [1.29, 1.82) is 0 Å². The molecule has 0 radical (unpaired) electrons. The van der Waals surface area contributed by atoms with Gasteiger partial charge in [-0.05, 0) is 5.56 Å². The smallest absolute Gasteiger partial charge is 0.358 e. The van der Waals surface area contributed by atoms with E-state index < -0.39 is 5.97 Å². The van der Waals surface area contributed by atoms with E-state index >= 15 is 0 Å². The van der Waals surface area contributed by atoms with E-state index in [0.29, 0.717) is 6.54 Å². The number of phenols is 2. The second kappa shape index (κ2) is 5.80. The lowest BCUT2D eigenvalue weighted by atomic mass is 10.2. The summed E-state index contributed by atoms with van der Waals surface area (Å²) in [7, 11) is 0. The summed E-state index contributed by atoms with van der Waals surface area (Å²) in [4.78, 5) is 19.6. The molecule has 7 heteroatoms. The molecule has 0 aliphatic heterocycles. The molecule has 23 heavy (non-hydrogen) atoms. The van der Waals surface area contributed by atoms with Crippen LogP contribution in [-0.2, 0) is 6.54 Å². The van der Waals surface area contributed by atoms with Gasteiger partial charge in [0.15, 0.2) is 23.0 Å². The normalized spacial score (nSPS) is 10.6. The van der Waals surface area contributed by atoms with Gasteiger partial charge in [-0.2, -0.15) is 0 Å². The minimum Gasteiger partial charge on any atom is -0.504 e. The van der Waals surface area contributed by atoms with Crippen molar-refractivity contribution in [3.05, 3.63) is 53.7 Å². The molecule has 0 saturated carbocycles. The molecule has 1 aromatic heterocycles. The summed E-state index contributed by atoms with van der Waals surface area (Å²) in [5.74, 6) is -1.86. The Hall–Kier alpha value is -3.35. The summed E-state index contributed by atoms with van der Waals surface area (Å²) in [6, 6.07) is 11.8. The maximum atomic E-state index is 11.4. The first-order valence-electron chi connectivity index (χ1n) is 6.79. The van der Waals surface area contributed by atoms with E-state index in [1.54, 1.807) is 0 Å². The topological polar surface area (TPSA) is 116 Å². The molecule has 3 aromatic rings. The number of aromatic hydroxyl groups is 2. The molecule has 116 valence electrons. The number of carboxylic acid groups (broad SMARTS) is 1. The number of nitrogens with zero attached hydrogens (tertiary/aromatic N) is 2.